The molecule has 4 heterocycles. The molecule has 26 heavy (non-hydrogen) atoms. The van der Waals surface area contributed by atoms with Gasteiger partial charge < -0.3 is 14.7 Å². The van der Waals surface area contributed by atoms with Crippen molar-refractivity contribution in [3.63, 3.8) is 0 Å². The second-order valence-corrected chi connectivity index (χ2v) is 7.94. The van der Waals surface area contributed by atoms with E-state index in [1.54, 1.807) is 11.3 Å². The topological polar surface area (TPSA) is 57.5 Å². The number of amides is 1. The van der Waals surface area contributed by atoms with E-state index in [9.17, 15) is 4.79 Å². The Labute approximate surface area is 158 Å². The summed E-state index contributed by atoms with van der Waals surface area (Å²) in [6, 6.07) is 3.96. The summed E-state index contributed by atoms with van der Waals surface area (Å²) in [6.07, 6.45) is 5.96. The Morgan fingerprint density at radius 3 is 2.58 bits per heavy atom. The number of piperidine rings is 1. The lowest BCUT2D eigenvalue weighted by molar-refractivity contribution is -0.137. The molecule has 0 bridgehead atoms. The van der Waals surface area contributed by atoms with Gasteiger partial charge in [-0.05, 0) is 31.5 Å². The third-order valence-corrected chi connectivity index (χ3v) is 6.40. The first-order valence-electron chi connectivity index (χ1n) is 9.47. The van der Waals surface area contributed by atoms with E-state index in [-0.39, 0.29) is 5.92 Å². The maximum atomic E-state index is 13.0. The summed E-state index contributed by atoms with van der Waals surface area (Å²) in [5.74, 6) is 0.399. The van der Waals surface area contributed by atoms with Crippen LogP contribution >= 0.6 is 11.3 Å². The van der Waals surface area contributed by atoms with Crippen molar-refractivity contribution in [3.8, 4) is 5.13 Å². The number of carbonyl (C=O) groups excluding carboxylic acids is 1. The number of rotatable bonds is 4. The maximum absolute atomic E-state index is 13.0. The average Bonchev–Trinajstić information content (AvgIpc) is 3.39. The van der Waals surface area contributed by atoms with Crippen molar-refractivity contribution in [1.29, 1.82) is 0 Å². The molecule has 1 atom stereocenters. The molecule has 0 N–H and O–H groups in total. The van der Waals surface area contributed by atoms with E-state index in [2.05, 4.69) is 31.8 Å². The fraction of sp³-hybridized carbons (Fsp3) is 0.611. The van der Waals surface area contributed by atoms with Gasteiger partial charge in [0.05, 0.1) is 5.92 Å². The van der Waals surface area contributed by atoms with Gasteiger partial charge in [-0.15, -0.1) is 10.2 Å². The number of anilines is 1. The van der Waals surface area contributed by atoms with Crippen molar-refractivity contribution >= 4 is 22.4 Å². The minimum absolute atomic E-state index is 0.0795. The lowest BCUT2D eigenvalue weighted by atomic mass is 9.96. The Morgan fingerprint density at radius 2 is 1.85 bits per heavy atom. The molecular weight excluding hydrogens is 348 g/mol. The lowest BCUT2D eigenvalue weighted by Gasteiger charge is -2.38. The van der Waals surface area contributed by atoms with Gasteiger partial charge in [-0.3, -0.25) is 9.36 Å². The second-order valence-electron chi connectivity index (χ2n) is 7.00. The van der Waals surface area contributed by atoms with Gasteiger partial charge in [-0.1, -0.05) is 18.3 Å². The molecular formula is C18H26N6OS. The van der Waals surface area contributed by atoms with Crippen LogP contribution in [-0.2, 0) is 4.79 Å². The molecule has 1 unspecified atom stereocenters. The van der Waals surface area contributed by atoms with E-state index in [1.807, 2.05) is 29.1 Å². The van der Waals surface area contributed by atoms with E-state index < -0.39 is 0 Å². The fourth-order valence-corrected chi connectivity index (χ4v) is 4.65. The van der Waals surface area contributed by atoms with E-state index in [4.69, 9.17) is 0 Å². The summed E-state index contributed by atoms with van der Waals surface area (Å²) in [5.41, 5.74) is 0. The Hall–Kier alpha value is -1.93. The van der Waals surface area contributed by atoms with E-state index in [1.165, 1.54) is 0 Å². The van der Waals surface area contributed by atoms with Crippen LogP contribution in [0.4, 0.5) is 5.13 Å². The minimum atomic E-state index is 0.0795. The number of likely N-dealkylation sites (N-methyl/N-ethyl adjacent to an activating group) is 1. The van der Waals surface area contributed by atoms with Crippen LogP contribution in [0.25, 0.3) is 5.13 Å². The zero-order chi connectivity index (χ0) is 17.9. The van der Waals surface area contributed by atoms with Gasteiger partial charge in [0.25, 0.3) is 0 Å². The van der Waals surface area contributed by atoms with E-state index >= 15 is 0 Å². The van der Waals surface area contributed by atoms with Crippen molar-refractivity contribution in [2.45, 2.75) is 19.8 Å². The number of piperazine rings is 1. The Balaban J connectivity index is 1.39. The molecule has 0 aromatic carbocycles. The van der Waals surface area contributed by atoms with Crippen molar-refractivity contribution in [3.05, 3.63) is 24.5 Å². The standard InChI is InChI=1S/C18H26N6OS/c1-2-21-10-12-22(13-11-21)16(25)15-6-5-9-24(14-15)18-20-19-17(26-18)23-7-3-4-8-23/h3-4,7-8,15H,2,5-6,9-14H2,1H3. The van der Waals surface area contributed by atoms with Crippen molar-refractivity contribution < 1.29 is 4.79 Å². The van der Waals surface area contributed by atoms with Crippen LogP contribution in [0, 0.1) is 5.92 Å². The smallest absolute Gasteiger partial charge is 0.227 e. The van der Waals surface area contributed by atoms with Crippen LogP contribution < -0.4 is 4.90 Å². The summed E-state index contributed by atoms with van der Waals surface area (Å²) < 4.78 is 1.97. The Kier molecular flexibility index (Phi) is 5.21. The van der Waals surface area contributed by atoms with Gasteiger partial charge >= 0.3 is 0 Å². The molecule has 2 aliphatic rings. The zero-order valence-electron chi connectivity index (χ0n) is 15.3. The Bertz CT molecular complexity index is 722. The second kappa shape index (κ2) is 7.75. The van der Waals surface area contributed by atoms with Crippen LogP contribution in [0.15, 0.2) is 24.5 Å². The largest absolute Gasteiger partial charge is 0.346 e. The highest BCUT2D eigenvalue weighted by Crippen LogP contribution is 2.28. The van der Waals surface area contributed by atoms with Gasteiger partial charge in [0.15, 0.2) is 0 Å². The summed E-state index contributed by atoms with van der Waals surface area (Å²) in [5, 5.41) is 10.5. The fourth-order valence-electron chi connectivity index (χ4n) is 3.80. The highest BCUT2D eigenvalue weighted by molar-refractivity contribution is 7.17. The molecule has 2 aromatic heterocycles. The summed E-state index contributed by atoms with van der Waals surface area (Å²) >= 11 is 1.58. The predicted octanol–water partition coefficient (Wildman–Crippen LogP) is 1.71. The van der Waals surface area contributed by atoms with Gasteiger partial charge in [0.2, 0.25) is 16.2 Å². The third kappa shape index (κ3) is 3.61. The quantitative estimate of drug-likeness (QED) is 0.815. The number of carbonyl (C=O) groups is 1. The number of hydrogen-bond donors (Lipinski definition) is 0. The third-order valence-electron chi connectivity index (χ3n) is 5.40. The molecule has 2 aromatic rings. The highest BCUT2D eigenvalue weighted by atomic mass is 32.1. The molecule has 2 aliphatic heterocycles. The van der Waals surface area contributed by atoms with Crippen LogP contribution in [0.3, 0.4) is 0 Å². The molecule has 1 amide bonds. The van der Waals surface area contributed by atoms with Crippen molar-refractivity contribution in [2.75, 3.05) is 50.7 Å². The minimum Gasteiger partial charge on any atom is -0.346 e. The monoisotopic (exact) mass is 374 g/mol. The number of nitrogens with zero attached hydrogens (tertiary/aromatic N) is 6. The van der Waals surface area contributed by atoms with Gasteiger partial charge in [0, 0.05) is 51.7 Å². The molecule has 0 aliphatic carbocycles. The number of aromatic nitrogens is 3. The summed E-state index contributed by atoms with van der Waals surface area (Å²) in [7, 11) is 0. The van der Waals surface area contributed by atoms with Crippen LogP contribution in [0.2, 0.25) is 0 Å². The molecule has 0 radical (unpaired) electrons. The van der Waals surface area contributed by atoms with Crippen molar-refractivity contribution in [1.82, 2.24) is 24.6 Å². The molecule has 0 spiro atoms. The van der Waals surface area contributed by atoms with Crippen LogP contribution in [0.1, 0.15) is 19.8 Å². The molecule has 8 heteroatoms. The maximum Gasteiger partial charge on any atom is 0.227 e. The normalized spacial score (nSPS) is 22.0. The Morgan fingerprint density at radius 1 is 1.12 bits per heavy atom. The zero-order valence-corrected chi connectivity index (χ0v) is 16.1. The van der Waals surface area contributed by atoms with Crippen LogP contribution in [-0.4, -0.2) is 76.3 Å². The van der Waals surface area contributed by atoms with Gasteiger partial charge in [0.1, 0.15) is 0 Å². The first-order chi connectivity index (χ1) is 12.7. The predicted molar refractivity (Wildman–Crippen MR) is 103 cm³/mol. The first-order valence-corrected chi connectivity index (χ1v) is 10.3. The van der Waals surface area contributed by atoms with Crippen LogP contribution in [0.5, 0.6) is 0 Å². The molecule has 2 saturated heterocycles. The highest BCUT2D eigenvalue weighted by Gasteiger charge is 2.32. The average molecular weight is 375 g/mol. The molecule has 0 saturated carbocycles. The van der Waals surface area contributed by atoms with E-state index in [0.29, 0.717) is 5.91 Å². The molecule has 2 fully saturated rings. The lowest BCUT2D eigenvalue weighted by Crippen LogP contribution is -2.52. The van der Waals surface area contributed by atoms with Crippen molar-refractivity contribution in [2.24, 2.45) is 5.92 Å². The summed E-state index contributed by atoms with van der Waals surface area (Å²) in [6.45, 7) is 8.67. The van der Waals surface area contributed by atoms with E-state index in [0.717, 1.165) is 68.9 Å². The number of hydrogen-bond acceptors (Lipinski definition) is 6. The first kappa shape index (κ1) is 17.5. The summed E-state index contributed by atoms with van der Waals surface area (Å²) in [4.78, 5) is 19.7. The van der Waals surface area contributed by atoms with Gasteiger partial charge in [-0.25, -0.2) is 0 Å². The molecule has 140 valence electrons. The molecule has 4 rings (SSSR count). The van der Waals surface area contributed by atoms with Gasteiger partial charge in [-0.2, -0.15) is 0 Å². The molecule has 7 nitrogen and oxygen atoms in total. The SMILES string of the molecule is CCN1CCN(C(=O)C2CCCN(c3nnc(-n4cccc4)s3)C2)CC1.